The van der Waals surface area contributed by atoms with Gasteiger partial charge in [-0.25, -0.2) is 0 Å². The van der Waals surface area contributed by atoms with E-state index in [9.17, 15) is 0 Å². The summed E-state index contributed by atoms with van der Waals surface area (Å²) in [4.78, 5) is 6.91. The highest BCUT2D eigenvalue weighted by Gasteiger charge is 2.30. The van der Waals surface area contributed by atoms with E-state index in [2.05, 4.69) is 23.7 Å². The first-order valence-corrected chi connectivity index (χ1v) is 6.16. The molecule has 74 valence electrons. The van der Waals surface area contributed by atoms with Crippen molar-refractivity contribution < 1.29 is 0 Å². The molecule has 2 rings (SSSR count). The first-order valence-electron chi connectivity index (χ1n) is 5.18. The molecule has 0 saturated carbocycles. The molecule has 3 heteroatoms. The Morgan fingerprint density at radius 3 is 2.85 bits per heavy atom. The summed E-state index contributed by atoms with van der Waals surface area (Å²) in [5.41, 5.74) is 0. The summed E-state index contributed by atoms with van der Waals surface area (Å²) in [6, 6.07) is 0. The van der Waals surface area contributed by atoms with Crippen LogP contribution < -0.4 is 0 Å². The van der Waals surface area contributed by atoms with Crippen molar-refractivity contribution in [3.63, 3.8) is 0 Å². The smallest absolute Gasteiger partial charge is 0.159 e. The van der Waals surface area contributed by atoms with Crippen molar-refractivity contribution >= 4 is 16.9 Å². The standard InChI is InChI=1S/C10H18N2S/c1-8(2)5-9-6-12(7-9)10-11-3-4-13-10/h8-9H,3-7H2,1-2H3. The van der Waals surface area contributed by atoms with Crippen LogP contribution in [0.4, 0.5) is 0 Å². The van der Waals surface area contributed by atoms with Gasteiger partial charge < -0.3 is 4.90 Å². The molecule has 1 fully saturated rings. The fourth-order valence-corrected chi connectivity index (χ4v) is 2.94. The Hall–Kier alpha value is -0.180. The van der Waals surface area contributed by atoms with Gasteiger partial charge in [0, 0.05) is 18.8 Å². The summed E-state index contributed by atoms with van der Waals surface area (Å²) in [7, 11) is 0. The molecule has 0 aromatic heterocycles. The van der Waals surface area contributed by atoms with Crippen LogP contribution in [-0.4, -0.2) is 35.5 Å². The number of aliphatic imine (C=N–C) groups is 1. The predicted molar refractivity (Wildman–Crippen MR) is 59.3 cm³/mol. The van der Waals surface area contributed by atoms with Crippen molar-refractivity contribution in [1.82, 2.24) is 4.90 Å². The molecule has 0 aromatic carbocycles. The third kappa shape index (κ3) is 2.19. The summed E-state index contributed by atoms with van der Waals surface area (Å²) in [5, 5.41) is 1.31. The SMILES string of the molecule is CC(C)CC1CN(C2=NCCS2)C1. The zero-order chi connectivity index (χ0) is 9.26. The Morgan fingerprint density at radius 2 is 2.31 bits per heavy atom. The van der Waals surface area contributed by atoms with E-state index in [0.717, 1.165) is 18.4 Å². The topological polar surface area (TPSA) is 15.6 Å². The van der Waals surface area contributed by atoms with Gasteiger partial charge in [-0.3, -0.25) is 4.99 Å². The molecule has 1 saturated heterocycles. The number of nitrogens with zero attached hydrogens (tertiary/aromatic N) is 2. The molecule has 2 heterocycles. The van der Waals surface area contributed by atoms with E-state index in [4.69, 9.17) is 0 Å². The van der Waals surface area contributed by atoms with Gasteiger partial charge in [-0.05, 0) is 18.3 Å². The molecule has 0 bridgehead atoms. The number of hydrogen-bond donors (Lipinski definition) is 0. The second-order valence-electron chi connectivity index (χ2n) is 4.41. The zero-order valence-electron chi connectivity index (χ0n) is 8.49. The molecule has 0 aromatic rings. The summed E-state index contributed by atoms with van der Waals surface area (Å²) >= 11 is 1.92. The monoisotopic (exact) mass is 198 g/mol. The van der Waals surface area contributed by atoms with Gasteiger partial charge in [0.1, 0.15) is 0 Å². The lowest BCUT2D eigenvalue weighted by Crippen LogP contribution is -2.49. The van der Waals surface area contributed by atoms with Crippen LogP contribution in [0.25, 0.3) is 0 Å². The molecule has 0 atom stereocenters. The fraction of sp³-hybridized carbons (Fsp3) is 0.900. The van der Waals surface area contributed by atoms with Crippen molar-refractivity contribution in [2.75, 3.05) is 25.4 Å². The molecule has 2 aliphatic rings. The van der Waals surface area contributed by atoms with Gasteiger partial charge in [0.2, 0.25) is 0 Å². The minimum Gasteiger partial charge on any atom is -0.351 e. The highest BCUT2D eigenvalue weighted by Crippen LogP contribution is 2.27. The third-order valence-corrected chi connectivity index (χ3v) is 3.63. The summed E-state index contributed by atoms with van der Waals surface area (Å²) in [5.74, 6) is 2.98. The van der Waals surface area contributed by atoms with Gasteiger partial charge >= 0.3 is 0 Å². The molecule has 13 heavy (non-hydrogen) atoms. The average molecular weight is 198 g/mol. The van der Waals surface area contributed by atoms with Gasteiger partial charge in [-0.15, -0.1) is 0 Å². The van der Waals surface area contributed by atoms with Crippen molar-refractivity contribution in [1.29, 1.82) is 0 Å². The van der Waals surface area contributed by atoms with Gasteiger partial charge in [0.05, 0.1) is 6.54 Å². The minimum absolute atomic E-state index is 0.852. The summed E-state index contributed by atoms with van der Waals surface area (Å²) < 4.78 is 0. The lowest BCUT2D eigenvalue weighted by atomic mass is 9.91. The summed E-state index contributed by atoms with van der Waals surface area (Å²) in [6.07, 6.45) is 1.38. The molecule has 0 amide bonds. The van der Waals surface area contributed by atoms with Crippen LogP contribution in [0.1, 0.15) is 20.3 Å². The Morgan fingerprint density at radius 1 is 1.54 bits per heavy atom. The van der Waals surface area contributed by atoms with Crippen molar-refractivity contribution in [2.45, 2.75) is 20.3 Å². The van der Waals surface area contributed by atoms with Crippen molar-refractivity contribution in [2.24, 2.45) is 16.8 Å². The molecule has 0 spiro atoms. The van der Waals surface area contributed by atoms with E-state index < -0.39 is 0 Å². The molecule has 0 unspecified atom stereocenters. The number of rotatable bonds is 2. The van der Waals surface area contributed by atoms with Gasteiger partial charge in [-0.2, -0.15) is 0 Å². The molecule has 0 aliphatic carbocycles. The van der Waals surface area contributed by atoms with Crippen molar-refractivity contribution in [3.8, 4) is 0 Å². The van der Waals surface area contributed by atoms with Crippen LogP contribution in [0.3, 0.4) is 0 Å². The number of likely N-dealkylation sites (tertiary alicyclic amines) is 1. The van der Waals surface area contributed by atoms with E-state index in [1.807, 2.05) is 11.8 Å². The lowest BCUT2D eigenvalue weighted by Gasteiger charge is -2.41. The number of thioether (sulfide) groups is 1. The predicted octanol–water partition coefficient (Wildman–Crippen LogP) is 2.07. The Labute approximate surface area is 84.8 Å². The highest BCUT2D eigenvalue weighted by atomic mass is 32.2. The first kappa shape index (κ1) is 9.38. The fourth-order valence-electron chi connectivity index (χ4n) is 2.06. The van der Waals surface area contributed by atoms with Gasteiger partial charge in [-0.1, -0.05) is 25.6 Å². The van der Waals surface area contributed by atoms with E-state index in [0.29, 0.717) is 0 Å². The minimum atomic E-state index is 0.852. The quantitative estimate of drug-likeness (QED) is 0.675. The van der Waals surface area contributed by atoms with Crippen LogP contribution >= 0.6 is 11.8 Å². The molecule has 2 aliphatic heterocycles. The van der Waals surface area contributed by atoms with Crippen LogP contribution in [0.5, 0.6) is 0 Å². The highest BCUT2D eigenvalue weighted by molar-refractivity contribution is 8.14. The maximum absolute atomic E-state index is 4.48. The van der Waals surface area contributed by atoms with Gasteiger partial charge in [0.25, 0.3) is 0 Å². The average Bonchev–Trinajstić information content (AvgIpc) is 2.46. The van der Waals surface area contributed by atoms with Crippen LogP contribution in [0.15, 0.2) is 4.99 Å². The van der Waals surface area contributed by atoms with E-state index in [1.54, 1.807) is 0 Å². The van der Waals surface area contributed by atoms with Gasteiger partial charge in [0.15, 0.2) is 5.17 Å². The number of hydrogen-bond acceptors (Lipinski definition) is 3. The first-order chi connectivity index (χ1) is 6.25. The van der Waals surface area contributed by atoms with E-state index in [1.165, 1.54) is 30.4 Å². The molecular weight excluding hydrogens is 180 g/mol. The summed E-state index contributed by atoms with van der Waals surface area (Å²) in [6.45, 7) is 8.16. The maximum atomic E-state index is 4.48. The lowest BCUT2D eigenvalue weighted by molar-refractivity contribution is 0.166. The molecular formula is C10H18N2S. The zero-order valence-corrected chi connectivity index (χ0v) is 9.31. The second-order valence-corrected chi connectivity index (χ2v) is 5.48. The van der Waals surface area contributed by atoms with Crippen LogP contribution in [0, 0.1) is 11.8 Å². The molecule has 2 nitrogen and oxygen atoms in total. The van der Waals surface area contributed by atoms with E-state index >= 15 is 0 Å². The Balaban J connectivity index is 1.72. The second kappa shape index (κ2) is 3.91. The largest absolute Gasteiger partial charge is 0.351 e. The Bertz CT molecular complexity index is 207. The van der Waals surface area contributed by atoms with Crippen LogP contribution in [0.2, 0.25) is 0 Å². The normalized spacial score (nSPS) is 23.6. The Kier molecular flexibility index (Phi) is 2.82. The third-order valence-electron chi connectivity index (χ3n) is 2.60. The van der Waals surface area contributed by atoms with E-state index in [-0.39, 0.29) is 0 Å². The molecule has 0 radical (unpaired) electrons. The maximum Gasteiger partial charge on any atom is 0.159 e. The van der Waals surface area contributed by atoms with Crippen molar-refractivity contribution in [3.05, 3.63) is 0 Å². The van der Waals surface area contributed by atoms with Crippen LogP contribution in [-0.2, 0) is 0 Å². The number of amidine groups is 1. The molecule has 0 N–H and O–H groups in total.